The highest BCUT2D eigenvalue weighted by molar-refractivity contribution is 7.12. The summed E-state index contributed by atoms with van der Waals surface area (Å²) in [5.74, 6) is 0. The second-order valence-corrected chi connectivity index (χ2v) is 7.17. The average molecular weight is 303 g/mol. The fourth-order valence-electron chi connectivity index (χ4n) is 3.27. The number of alkyl halides is 2. The molecule has 3 heterocycles. The Balaban J connectivity index is 2.09. The van der Waals surface area contributed by atoms with E-state index in [0.29, 0.717) is 5.56 Å². The maximum absolute atomic E-state index is 13.3. The summed E-state index contributed by atoms with van der Waals surface area (Å²) in [5.41, 5.74) is -2.31. The van der Waals surface area contributed by atoms with Crippen molar-refractivity contribution in [2.45, 2.75) is 50.4 Å². The molecule has 0 saturated carbocycles. The fraction of sp³-hybridized carbons (Fsp3) is 0.714. The number of piperidine rings is 1. The maximum Gasteiger partial charge on any atom is 0.273 e. The first-order valence-electron chi connectivity index (χ1n) is 6.87. The standard InChI is InChI=1S/C14H19F2NO2S/c1-8-6-13(3-4-17-8)11-10(5-9(2)20-11)14(18,7-19-13)12(15)16/h5,8,12,17-18H,3-4,6-7H2,1-2H3. The molecule has 20 heavy (non-hydrogen) atoms. The van der Waals surface area contributed by atoms with Gasteiger partial charge in [-0.1, -0.05) is 0 Å². The van der Waals surface area contributed by atoms with E-state index in [-0.39, 0.29) is 12.6 Å². The molecule has 3 atom stereocenters. The van der Waals surface area contributed by atoms with Crippen LogP contribution in [0.2, 0.25) is 0 Å². The number of hydrogen-bond donors (Lipinski definition) is 2. The molecule has 1 fully saturated rings. The third kappa shape index (κ3) is 2.01. The van der Waals surface area contributed by atoms with Crippen LogP contribution in [0.15, 0.2) is 6.07 Å². The van der Waals surface area contributed by atoms with E-state index >= 15 is 0 Å². The second-order valence-electron chi connectivity index (χ2n) is 5.92. The van der Waals surface area contributed by atoms with E-state index < -0.39 is 17.6 Å². The van der Waals surface area contributed by atoms with Crippen LogP contribution in [0.4, 0.5) is 8.78 Å². The van der Waals surface area contributed by atoms with E-state index in [1.807, 2.05) is 6.92 Å². The highest BCUT2D eigenvalue weighted by Crippen LogP contribution is 2.51. The second kappa shape index (κ2) is 4.73. The summed E-state index contributed by atoms with van der Waals surface area (Å²) < 4.78 is 32.4. The molecule has 1 aromatic rings. The van der Waals surface area contributed by atoms with E-state index in [4.69, 9.17) is 4.74 Å². The Bertz CT molecular complexity index is 521. The number of fused-ring (bicyclic) bond motifs is 2. The Morgan fingerprint density at radius 2 is 2.30 bits per heavy atom. The van der Waals surface area contributed by atoms with Crippen LogP contribution in [0.3, 0.4) is 0 Å². The van der Waals surface area contributed by atoms with Crippen LogP contribution in [0.5, 0.6) is 0 Å². The molecule has 2 aliphatic rings. The van der Waals surface area contributed by atoms with Crippen molar-refractivity contribution in [1.82, 2.24) is 5.32 Å². The number of aryl methyl sites for hydroxylation is 1. The molecule has 112 valence electrons. The summed E-state index contributed by atoms with van der Waals surface area (Å²) in [6, 6.07) is 1.97. The monoisotopic (exact) mass is 303 g/mol. The molecule has 3 unspecified atom stereocenters. The summed E-state index contributed by atoms with van der Waals surface area (Å²) >= 11 is 1.47. The fourth-order valence-corrected chi connectivity index (χ4v) is 4.55. The lowest BCUT2D eigenvalue weighted by Gasteiger charge is -2.47. The van der Waals surface area contributed by atoms with Gasteiger partial charge in [-0.25, -0.2) is 8.78 Å². The molecule has 3 nitrogen and oxygen atoms in total. The van der Waals surface area contributed by atoms with E-state index in [9.17, 15) is 13.9 Å². The number of hydrogen-bond acceptors (Lipinski definition) is 4. The van der Waals surface area contributed by atoms with Gasteiger partial charge in [0.25, 0.3) is 6.43 Å². The largest absolute Gasteiger partial charge is 0.377 e. The SMILES string of the molecule is Cc1cc2c(s1)C1(CCNC(C)C1)OCC2(O)C(F)F. The predicted molar refractivity (Wildman–Crippen MR) is 73.3 cm³/mol. The molecule has 2 aliphatic heterocycles. The molecule has 0 aromatic carbocycles. The number of halogens is 2. The molecule has 3 rings (SSSR count). The van der Waals surface area contributed by atoms with Gasteiger partial charge in [0, 0.05) is 21.4 Å². The summed E-state index contributed by atoms with van der Waals surface area (Å²) in [4.78, 5) is 1.72. The first kappa shape index (κ1) is 14.4. The minimum absolute atomic E-state index is 0.275. The van der Waals surface area contributed by atoms with Gasteiger partial charge in [-0.15, -0.1) is 11.3 Å². The third-order valence-electron chi connectivity index (χ3n) is 4.32. The van der Waals surface area contributed by atoms with Gasteiger partial charge in [0.2, 0.25) is 0 Å². The van der Waals surface area contributed by atoms with Gasteiger partial charge < -0.3 is 15.2 Å². The van der Waals surface area contributed by atoms with Crippen molar-refractivity contribution in [3.8, 4) is 0 Å². The van der Waals surface area contributed by atoms with Crippen molar-refractivity contribution in [3.63, 3.8) is 0 Å². The molecule has 1 aromatic heterocycles. The normalized spacial score (nSPS) is 37.4. The first-order chi connectivity index (χ1) is 9.37. The van der Waals surface area contributed by atoms with Crippen molar-refractivity contribution >= 4 is 11.3 Å². The first-order valence-corrected chi connectivity index (χ1v) is 7.68. The average Bonchev–Trinajstić information content (AvgIpc) is 2.78. The van der Waals surface area contributed by atoms with Crippen LogP contribution in [0, 0.1) is 6.92 Å². The summed E-state index contributed by atoms with van der Waals surface area (Å²) in [6.07, 6.45) is -1.34. The van der Waals surface area contributed by atoms with Crippen molar-refractivity contribution in [3.05, 3.63) is 21.4 Å². The zero-order chi connectivity index (χ0) is 14.5. The van der Waals surface area contributed by atoms with Crippen molar-refractivity contribution in [1.29, 1.82) is 0 Å². The van der Waals surface area contributed by atoms with Crippen molar-refractivity contribution in [2.24, 2.45) is 0 Å². The smallest absolute Gasteiger partial charge is 0.273 e. The maximum atomic E-state index is 13.3. The zero-order valence-electron chi connectivity index (χ0n) is 11.6. The lowest BCUT2D eigenvalue weighted by atomic mass is 9.79. The summed E-state index contributed by atoms with van der Waals surface area (Å²) in [5, 5.41) is 13.7. The highest BCUT2D eigenvalue weighted by Gasteiger charge is 2.53. The van der Waals surface area contributed by atoms with E-state index in [0.717, 1.165) is 29.1 Å². The predicted octanol–water partition coefficient (Wildman–Crippen LogP) is 2.51. The Kier molecular flexibility index (Phi) is 3.40. The Labute approximate surface area is 120 Å². The van der Waals surface area contributed by atoms with Crippen LogP contribution in [0.25, 0.3) is 0 Å². The minimum atomic E-state index is -2.84. The molecular formula is C14H19F2NO2S. The lowest BCUT2D eigenvalue weighted by Crippen LogP contribution is -2.54. The molecule has 1 saturated heterocycles. The molecule has 6 heteroatoms. The molecule has 1 spiro atoms. The lowest BCUT2D eigenvalue weighted by molar-refractivity contribution is -0.204. The molecular weight excluding hydrogens is 284 g/mol. The van der Waals surface area contributed by atoms with Gasteiger partial charge in [-0.2, -0.15) is 0 Å². The minimum Gasteiger partial charge on any atom is -0.377 e. The summed E-state index contributed by atoms with van der Waals surface area (Å²) in [7, 11) is 0. The van der Waals surface area contributed by atoms with Gasteiger partial charge in [0.15, 0.2) is 5.60 Å². The van der Waals surface area contributed by atoms with Crippen molar-refractivity contribution < 1.29 is 18.6 Å². The Morgan fingerprint density at radius 3 is 2.95 bits per heavy atom. The molecule has 0 bridgehead atoms. The number of nitrogens with one attached hydrogen (secondary N) is 1. The third-order valence-corrected chi connectivity index (χ3v) is 5.56. The van der Waals surface area contributed by atoms with E-state index in [1.165, 1.54) is 11.3 Å². The van der Waals surface area contributed by atoms with Gasteiger partial charge in [-0.05, 0) is 39.3 Å². The van der Waals surface area contributed by atoms with Gasteiger partial charge >= 0.3 is 0 Å². The van der Waals surface area contributed by atoms with Gasteiger partial charge in [0.05, 0.1) is 6.61 Å². The number of ether oxygens (including phenoxy) is 1. The number of thiophene rings is 1. The molecule has 0 amide bonds. The molecule has 0 aliphatic carbocycles. The topological polar surface area (TPSA) is 41.5 Å². The number of aliphatic hydroxyl groups is 1. The summed E-state index contributed by atoms with van der Waals surface area (Å²) in [6.45, 7) is 4.41. The molecule has 0 radical (unpaired) electrons. The van der Waals surface area contributed by atoms with Crippen LogP contribution in [-0.4, -0.2) is 30.7 Å². The van der Waals surface area contributed by atoms with Crippen molar-refractivity contribution in [2.75, 3.05) is 13.2 Å². The van der Waals surface area contributed by atoms with E-state index in [2.05, 4.69) is 12.2 Å². The van der Waals surface area contributed by atoms with Crippen LogP contribution in [0.1, 0.15) is 35.1 Å². The quantitative estimate of drug-likeness (QED) is 0.837. The zero-order valence-corrected chi connectivity index (χ0v) is 12.4. The van der Waals surface area contributed by atoms with Gasteiger partial charge in [0.1, 0.15) is 5.60 Å². The Hall–Kier alpha value is -0.560. The van der Waals surface area contributed by atoms with Crippen LogP contribution in [-0.2, 0) is 15.9 Å². The van der Waals surface area contributed by atoms with E-state index in [1.54, 1.807) is 6.07 Å². The highest BCUT2D eigenvalue weighted by atomic mass is 32.1. The van der Waals surface area contributed by atoms with Crippen LogP contribution < -0.4 is 5.32 Å². The van der Waals surface area contributed by atoms with Crippen LogP contribution >= 0.6 is 11.3 Å². The van der Waals surface area contributed by atoms with Gasteiger partial charge in [-0.3, -0.25) is 0 Å². The number of rotatable bonds is 1. The Morgan fingerprint density at radius 1 is 1.55 bits per heavy atom. The molecule has 2 N–H and O–H groups in total.